The molecule has 2 heterocycles. The first kappa shape index (κ1) is 24.5. The third-order valence-electron chi connectivity index (χ3n) is 5.11. The number of halogens is 1. The van der Waals surface area contributed by atoms with Crippen molar-refractivity contribution in [1.29, 1.82) is 0 Å². The van der Waals surface area contributed by atoms with Crippen molar-refractivity contribution in [3.63, 3.8) is 0 Å². The van der Waals surface area contributed by atoms with Crippen LogP contribution in [0.5, 0.6) is 0 Å². The molecule has 0 aliphatic heterocycles. The van der Waals surface area contributed by atoms with E-state index in [9.17, 15) is 13.2 Å². The van der Waals surface area contributed by atoms with Crippen LogP contribution < -0.4 is 0 Å². The molecular formula is C20H31ClN4O4S. The number of methoxy groups -OCH3 is 1. The van der Waals surface area contributed by atoms with Gasteiger partial charge in [-0.25, -0.2) is 18.4 Å². The van der Waals surface area contributed by atoms with E-state index in [0.717, 1.165) is 44.9 Å². The summed E-state index contributed by atoms with van der Waals surface area (Å²) in [6.45, 7) is 5.73. The predicted molar refractivity (Wildman–Crippen MR) is 116 cm³/mol. The van der Waals surface area contributed by atoms with Crippen LogP contribution >= 0.6 is 11.6 Å². The number of hydrogen-bond acceptors (Lipinski definition) is 7. The molecule has 2 rings (SSSR count). The number of aromatic nitrogens is 4. The summed E-state index contributed by atoms with van der Waals surface area (Å²) in [6, 6.07) is 0. The van der Waals surface area contributed by atoms with Crippen molar-refractivity contribution in [2.45, 2.75) is 89.0 Å². The highest BCUT2D eigenvalue weighted by Crippen LogP contribution is 2.26. The van der Waals surface area contributed by atoms with Crippen molar-refractivity contribution in [2.24, 2.45) is 0 Å². The minimum atomic E-state index is -3.62. The molecule has 30 heavy (non-hydrogen) atoms. The molecule has 0 aliphatic rings. The largest absolute Gasteiger partial charge is 0.469 e. The number of imidazole rings is 1. The van der Waals surface area contributed by atoms with Gasteiger partial charge in [0.15, 0.2) is 20.5 Å². The molecule has 10 heteroatoms. The van der Waals surface area contributed by atoms with Crippen LogP contribution in [0.4, 0.5) is 0 Å². The molecule has 8 nitrogen and oxygen atoms in total. The van der Waals surface area contributed by atoms with Crippen molar-refractivity contribution in [3.05, 3.63) is 11.1 Å². The molecule has 0 unspecified atom stereocenters. The topological polar surface area (TPSA) is 104 Å². The van der Waals surface area contributed by atoms with E-state index < -0.39 is 15.1 Å². The van der Waals surface area contributed by atoms with Gasteiger partial charge in [0, 0.05) is 13.0 Å². The second kappa shape index (κ2) is 11.0. The lowest BCUT2D eigenvalue weighted by atomic mass is 10.1. The second-order valence-corrected chi connectivity index (χ2v) is 10.4. The maximum Gasteiger partial charge on any atom is 0.305 e. The van der Waals surface area contributed by atoms with Gasteiger partial charge in [0.25, 0.3) is 0 Å². The maximum absolute atomic E-state index is 12.8. The lowest BCUT2D eigenvalue weighted by Gasteiger charge is -2.12. The molecule has 0 bridgehead atoms. The van der Waals surface area contributed by atoms with Crippen molar-refractivity contribution < 1.29 is 17.9 Å². The molecule has 0 fully saturated rings. The molecule has 0 amide bonds. The van der Waals surface area contributed by atoms with Gasteiger partial charge in [0.05, 0.1) is 12.4 Å². The molecule has 0 saturated carbocycles. The highest BCUT2D eigenvalue weighted by atomic mass is 35.5. The van der Waals surface area contributed by atoms with Gasteiger partial charge in [-0.1, -0.05) is 32.1 Å². The number of aryl methyl sites for hydroxylation is 2. The minimum Gasteiger partial charge on any atom is -0.469 e. The van der Waals surface area contributed by atoms with Crippen LogP contribution in [0.15, 0.2) is 5.03 Å². The van der Waals surface area contributed by atoms with Crippen molar-refractivity contribution >= 4 is 38.6 Å². The van der Waals surface area contributed by atoms with Gasteiger partial charge in [-0.2, -0.15) is 4.98 Å². The van der Waals surface area contributed by atoms with E-state index >= 15 is 0 Å². The molecule has 0 N–H and O–H groups in total. The summed E-state index contributed by atoms with van der Waals surface area (Å²) in [4.78, 5) is 23.6. The summed E-state index contributed by atoms with van der Waals surface area (Å²) in [5.41, 5.74) is 0.755. The third-order valence-corrected chi connectivity index (χ3v) is 7.35. The first-order valence-electron chi connectivity index (χ1n) is 10.4. The van der Waals surface area contributed by atoms with Gasteiger partial charge in [0.1, 0.15) is 11.3 Å². The fourth-order valence-electron chi connectivity index (χ4n) is 3.31. The van der Waals surface area contributed by atoms with E-state index in [1.807, 2.05) is 11.5 Å². The Labute approximate surface area is 183 Å². The van der Waals surface area contributed by atoms with Gasteiger partial charge in [-0.3, -0.25) is 4.79 Å². The molecule has 0 spiro atoms. The van der Waals surface area contributed by atoms with Crippen LogP contribution in [0, 0.1) is 6.92 Å². The Kier molecular flexibility index (Phi) is 9.03. The van der Waals surface area contributed by atoms with Crippen LogP contribution in [0.3, 0.4) is 0 Å². The zero-order valence-corrected chi connectivity index (χ0v) is 19.7. The van der Waals surface area contributed by atoms with Crippen LogP contribution in [-0.4, -0.2) is 46.3 Å². The smallest absolute Gasteiger partial charge is 0.305 e. The Morgan fingerprint density at radius 3 is 2.23 bits per heavy atom. The zero-order valence-electron chi connectivity index (χ0n) is 18.1. The number of rotatable bonds is 12. The lowest BCUT2D eigenvalue weighted by molar-refractivity contribution is -0.140. The van der Waals surface area contributed by atoms with E-state index in [4.69, 9.17) is 11.6 Å². The SMILES string of the molecule is COC(=O)CCCCCCCCCn1c(C)nc2nc(Cl)nc(S(=O)(=O)C(C)C)c21. The molecule has 0 aliphatic carbocycles. The van der Waals surface area contributed by atoms with Gasteiger partial charge in [-0.15, -0.1) is 0 Å². The normalized spacial score (nSPS) is 12.1. The standard InChI is InChI=1S/C20H31ClN4O4S/c1-14(2)30(27,28)19-17-18(23-20(21)24-19)22-15(3)25(17)13-11-9-7-5-6-8-10-12-16(26)29-4/h14H,5-13H2,1-4H3. The molecule has 0 atom stereocenters. The predicted octanol–water partition coefficient (Wildman–Crippen LogP) is 4.26. The highest BCUT2D eigenvalue weighted by molar-refractivity contribution is 7.92. The summed E-state index contributed by atoms with van der Waals surface area (Å²) in [5.74, 6) is 0.548. The van der Waals surface area contributed by atoms with E-state index in [0.29, 0.717) is 30.0 Å². The number of carbonyl (C=O) groups excluding carboxylic acids is 1. The van der Waals surface area contributed by atoms with Gasteiger partial charge in [0.2, 0.25) is 5.28 Å². The van der Waals surface area contributed by atoms with Crippen LogP contribution in [0.1, 0.15) is 71.0 Å². The second-order valence-electron chi connectivity index (χ2n) is 7.68. The number of sulfone groups is 1. The summed E-state index contributed by atoms with van der Waals surface area (Å²) in [7, 11) is -2.21. The van der Waals surface area contributed by atoms with Gasteiger partial charge < -0.3 is 9.30 Å². The average molecular weight is 459 g/mol. The molecule has 0 radical (unpaired) electrons. The van der Waals surface area contributed by atoms with Crippen molar-refractivity contribution in [3.8, 4) is 0 Å². The number of fused-ring (bicyclic) bond motifs is 1. The Hall–Kier alpha value is -1.74. The average Bonchev–Trinajstić information content (AvgIpc) is 3.00. The Bertz CT molecular complexity index is 973. The first-order chi connectivity index (χ1) is 14.2. The van der Waals surface area contributed by atoms with Crippen LogP contribution in [0.2, 0.25) is 5.28 Å². The highest BCUT2D eigenvalue weighted by Gasteiger charge is 2.28. The fraction of sp³-hybridized carbons (Fsp3) is 0.700. The number of carbonyl (C=O) groups is 1. The quantitative estimate of drug-likeness (QED) is 0.202. The number of unbranched alkanes of at least 4 members (excludes halogenated alkanes) is 6. The Balaban J connectivity index is 1.97. The van der Waals surface area contributed by atoms with Crippen molar-refractivity contribution in [1.82, 2.24) is 19.5 Å². The molecule has 2 aromatic rings. The first-order valence-corrected chi connectivity index (χ1v) is 12.3. The summed E-state index contributed by atoms with van der Waals surface area (Å²) in [5, 5.41) is -0.771. The summed E-state index contributed by atoms with van der Waals surface area (Å²) >= 11 is 5.96. The van der Waals surface area contributed by atoms with E-state index in [1.165, 1.54) is 7.11 Å². The third kappa shape index (κ3) is 6.14. The van der Waals surface area contributed by atoms with E-state index in [1.54, 1.807) is 13.8 Å². The molecule has 168 valence electrons. The molecule has 0 aromatic carbocycles. The van der Waals surface area contributed by atoms with E-state index in [-0.39, 0.29) is 16.3 Å². The Morgan fingerprint density at radius 2 is 1.63 bits per heavy atom. The monoisotopic (exact) mass is 458 g/mol. The van der Waals surface area contributed by atoms with Gasteiger partial charge in [-0.05, 0) is 45.2 Å². The molecular weight excluding hydrogens is 428 g/mol. The number of esters is 1. The minimum absolute atomic E-state index is 0.0429. The molecule has 2 aromatic heterocycles. The number of nitrogens with zero attached hydrogens (tertiary/aromatic N) is 4. The summed E-state index contributed by atoms with van der Waals surface area (Å²) < 4.78 is 32.1. The molecule has 0 saturated heterocycles. The van der Waals surface area contributed by atoms with Gasteiger partial charge >= 0.3 is 5.97 Å². The van der Waals surface area contributed by atoms with Crippen molar-refractivity contribution in [2.75, 3.05) is 7.11 Å². The summed E-state index contributed by atoms with van der Waals surface area (Å²) in [6.07, 6.45) is 7.58. The lowest BCUT2D eigenvalue weighted by Crippen LogP contribution is -2.18. The van der Waals surface area contributed by atoms with Crippen LogP contribution in [0.25, 0.3) is 11.2 Å². The number of hydrogen-bond donors (Lipinski definition) is 0. The Morgan fingerprint density at radius 1 is 1.03 bits per heavy atom. The fourth-order valence-corrected chi connectivity index (χ4v) is 4.65. The van der Waals surface area contributed by atoms with E-state index in [2.05, 4.69) is 19.7 Å². The maximum atomic E-state index is 12.8. The zero-order chi connectivity index (χ0) is 22.3. The van der Waals surface area contributed by atoms with Crippen LogP contribution in [-0.2, 0) is 25.9 Å². The number of ether oxygens (including phenoxy) is 1.